The highest BCUT2D eigenvalue weighted by Crippen LogP contribution is 2.47. The molecule has 41 heavy (non-hydrogen) atoms. The molecule has 4 heterocycles. The van der Waals surface area contributed by atoms with Crippen LogP contribution in [0.1, 0.15) is 91.9 Å². The first kappa shape index (κ1) is 33.4. The molecular weight excluding hydrogens is 625 g/mol. The lowest BCUT2D eigenvalue weighted by Crippen LogP contribution is -2.64. The second-order valence-corrected chi connectivity index (χ2v) is 17.0. The molecule has 0 amide bonds. The number of carbonyl (C=O) groups is 2. The summed E-state index contributed by atoms with van der Waals surface area (Å²) in [7, 11) is 0. The summed E-state index contributed by atoms with van der Waals surface area (Å²) in [5.74, 6) is 2.81. The molecule has 0 aromatic rings. The quantitative estimate of drug-likeness (QED) is 0.102. The molecule has 0 aliphatic carbocycles. The Morgan fingerprint density at radius 2 is 1.37 bits per heavy atom. The summed E-state index contributed by atoms with van der Waals surface area (Å²) in [6.07, 6.45) is 13.7. The first-order valence-electron chi connectivity index (χ1n) is 14.8. The lowest BCUT2D eigenvalue weighted by atomic mass is 9.80. The lowest BCUT2D eigenvalue weighted by molar-refractivity contribution is -0.120. The maximum Gasteiger partial charge on any atom is 0.132 e. The van der Waals surface area contributed by atoms with E-state index >= 15 is 0 Å². The first-order valence-corrected chi connectivity index (χ1v) is 18.4. The number of rotatable bonds is 14. The van der Waals surface area contributed by atoms with Gasteiger partial charge >= 0.3 is 0 Å². The third-order valence-corrected chi connectivity index (χ3v) is 12.6. The fourth-order valence-corrected chi connectivity index (χ4v) is 10.5. The topological polar surface area (TPSA) is 40.6 Å². The van der Waals surface area contributed by atoms with Crippen LogP contribution in [0.15, 0.2) is 22.0 Å². The van der Waals surface area contributed by atoms with E-state index in [0.29, 0.717) is 25.0 Å². The predicted molar refractivity (Wildman–Crippen MR) is 191 cm³/mol. The van der Waals surface area contributed by atoms with E-state index in [1.54, 1.807) is 0 Å². The molecular formula is C31H42N2O2S6. The minimum atomic E-state index is -0.369. The molecule has 0 N–H and O–H groups in total. The maximum absolute atomic E-state index is 13.1. The molecule has 0 bridgehead atoms. The van der Waals surface area contributed by atoms with Crippen LogP contribution >= 0.6 is 72.4 Å². The van der Waals surface area contributed by atoms with Gasteiger partial charge in [0.2, 0.25) is 0 Å². The molecule has 2 fully saturated rings. The highest BCUT2D eigenvalue weighted by molar-refractivity contribution is 8.03. The van der Waals surface area contributed by atoms with Crippen LogP contribution in [-0.4, -0.2) is 59.5 Å². The van der Waals surface area contributed by atoms with E-state index < -0.39 is 0 Å². The summed E-state index contributed by atoms with van der Waals surface area (Å²) in [5.41, 5.74) is -0.621. The van der Waals surface area contributed by atoms with Crippen molar-refractivity contribution in [3.8, 4) is 0 Å². The number of thioether (sulfide) groups is 2. The molecule has 224 valence electrons. The van der Waals surface area contributed by atoms with Gasteiger partial charge in [0.25, 0.3) is 0 Å². The lowest BCUT2D eigenvalue weighted by Gasteiger charge is -2.52. The SMILES string of the molecule is CC(C)(C=O)CCCCCCC(=O)CCC(C)(C)C(N1C(=S)C=C2SCCC2C1=S)N1C(=S)C=C2SCCC2C1=S. The Labute approximate surface area is 276 Å². The average Bonchev–Trinajstić information content (AvgIpc) is 3.58. The fourth-order valence-electron chi connectivity index (χ4n) is 6.11. The molecule has 0 aromatic carbocycles. The van der Waals surface area contributed by atoms with E-state index in [-0.39, 0.29) is 28.8 Å². The minimum Gasteiger partial charge on any atom is -0.304 e. The van der Waals surface area contributed by atoms with E-state index in [1.165, 1.54) is 9.81 Å². The van der Waals surface area contributed by atoms with Crippen LogP contribution in [0, 0.1) is 22.7 Å². The molecule has 4 aliphatic rings. The summed E-state index contributed by atoms with van der Waals surface area (Å²) in [6.45, 7) is 8.38. The van der Waals surface area contributed by atoms with Crippen molar-refractivity contribution in [2.45, 2.75) is 98.1 Å². The van der Waals surface area contributed by atoms with Gasteiger partial charge in [-0.25, -0.2) is 0 Å². The molecule has 10 heteroatoms. The standard InChI is InChI=1S/C31H42N2O2S6/c1-30(2,19-34)13-8-6-5-7-9-20(35)10-14-31(3,4)29(32-25(36)17-23-21(27(32)38)11-15-40-23)33-26(37)18-24-22(28(33)39)12-16-41-24/h17-19,21-22,29H,5-16H2,1-4H3. The van der Waals surface area contributed by atoms with Crippen molar-refractivity contribution in [1.82, 2.24) is 9.80 Å². The number of carbonyl (C=O) groups excluding carboxylic acids is 2. The number of nitrogens with zero attached hydrogens (tertiary/aromatic N) is 2. The average molecular weight is 667 g/mol. The van der Waals surface area contributed by atoms with Crippen LogP contribution in [0.2, 0.25) is 0 Å². The Kier molecular flexibility index (Phi) is 11.4. The number of aldehydes is 1. The van der Waals surface area contributed by atoms with Crippen LogP contribution < -0.4 is 0 Å². The van der Waals surface area contributed by atoms with Gasteiger partial charge in [0.1, 0.15) is 28.2 Å². The van der Waals surface area contributed by atoms with Crippen molar-refractivity contribution < 1.29 is 9.59 Å². The Balaban J connectivity index is 1.47. The van der Waals surface area contributed by atoms with Gasteiger partial charge in [-0.05, 0) is 65.6 Å². The molecule has 0 saturated carbocycles. The number of thiocarbonyl (C=S) groups is 4. The van der Waals surface area contributed by atoms with Crippen molar-refractivity contribution in [3.05, 3.63) is 22.0 Å². The zero-order valence-corrected chi connectivity index (χ0v) is 29.5. The molecule has 2 saturated heterocycles. The predicted octanol–water partition coefficient (Wildman–Crippen LogP) is 8.47. The van der Waals surface area contributed by atoms with Crippen LogP contribution in [0.4, 0.5) is 0 Å². The highest BCUT2D eigenvalue weighted by Gasteiger charge is 2.49. The summed E-state index contributed by atoms with van der Waals surface area (Å²) >= 11 is 28.0. The monoisotopic (exact) mass is 666 g/mol. The Hall–Kier alpha value is -0.520. The molecule has 4 nitrogen and oxygen atoms in total. The smallest absolute Gasteiger partial charge is 0.132 e. The molecule has 2 unspecified atom stereocenters. The number of hydrogen-bond donors (Lipinski definition) is 0. The van der Waals surface area contributed by atoms with E-state index in [9.17, 15) is 9.59 Å². The van der Waals surface area contributed by atoms with Crippen LogP contribution in [0.3, 0.4) is 0 Å². The van der Waals surface area contributed by atoms with Gasteiger partial charge in [0.05, 0.1) is 9.98 Å². The Morgan fingerprint density at radius 3 is 1.88 bits per heavy atom. The van der Waals surface area contributed by atoms with E-state index in [0.717, 1.165) is 82.7 Å². The minimum absolute atomic E-state index is 0.207. The number of hydrogen-bond acceptors (Lipinski definition) is 8. The van der Waals surface area contributed by atoms with Crippen LogP contribution in [0.5, 0.6) is 0 Å². The molecule has 4 aliphatic heterocycles. The largest absolute Gasteiger partial charge is 0.304 e. The van der Waals surface area contributed by atoms with Gasteiger partial charge in [0, 0.05) is 35.5 Å². The van der Waals surface area contributed by atoms with Gasteiger partial charge in [-0.15, -0.1) is 23.5 Å². The number of unbranched alkanes of at least 4 members (excludes halogenated alkanes) is 3. The van der Waals surface area contributed by atoms with Crippen molar-refractivity contribution in [2.24, 2.45) is 22.7 Å². The summed E-state index contributed by atoms with van der Waals surface area (Å²) in [4.78, 5) is 34.2. The second kappa shape index (κ2) is 14.1. The Bertz CT molecular complexity index is 1110. The third-order valence-electron chi connectivity index (χ3n) is 8.70. The summed E-state index contributed by atoms with van der Waals surface area (Å²) in [6, 6.07) is 0. The van der Waals surface area contributed by atoms with E-state index in [1.807, 2.05) is 37.4 Å². The van der Waals surface area contributed by atoms with Gasteiger partial charge in [-0.3, -0.25) is 4.79 Å². The molecule has 2 atom stereocenters. The number of Topliss-reactive ketones (excluding diaryl/α,β-unsaturated/α-hetero) is 1. The highest BCUT2D eigenvalue weighted by atomic mass is 32.2. The van der Waals surface area contributed by atoms with Crippen LogP contribution in [-0.2, 0) is 9.59 Å². The molecule has 0 radical (unpaired) electrons. The van der Waals surface area contributed by atoms with Gasteiger partial charge < -0.3 is 14.6 Å². The summed E-state index contributed by atoms with van der Waals surface area (Å²) in [5, 5.41) is 0. The number of ketones is 1. The van der Waals surface area contributed by atoms with Crippen LogP contribution in [0.25, 0.3) is 0 Å². The van der Waals surface area contributed by atoms with Crippen molar-refractivity contribution >= 4 is 104 Å². The molecule has 0 spiro atoms. The number of fused-ring (bicyclic) bond motifs is 2. The zero-order chi connectivity index (χ0) is 29.9. The fraction of sp³-hybridized carbons (Fsp3) is 0.677. The van der Waals surface area contributed by atoms with E-state index in [4.69, 9.17) is 48.9 Å². The van der Waals surface area contributed by atoms with Crippen molar-refractivity contribution in [3.63, 3.8) is 0 Å². The van der Waals surface area contributed by atoms with Gasteiger partial charge in [-0.2, -0.15) is 0 Å². The Morgan fingerprint density at radius 1 is 0.854 bits per heavy atom. The van der Waals surface area contributed by atoms with Crippen molar-refractivity contribution in [2.75, 3.05) is 11.5 Å². The second-order valence-electron chi connectivity index (χ2n) is 13.0. The zero-order valence-electron chi connectivity index (χ0n) is 24.6. The van der Waals surface area contributed by atoms with Gasteiger partial charge in [0.15, 0.2) is 0 Å². The normalized spacial score (nSPS) is 23.8. The summed E-state index contributed by atoms with van der Waals surface area (Å²) < 4.78 is 0. The molecule has 4 rings (SSSR count). The van der Waals surface area contributed by atoms with E-state index in [2.05, 4.69) is 35.8 Å². The van der Waals surface area contributed by atoms with Gasteiger partial charge in [-0.1, -0.05) is 95.8 Å². The maximum atomic E-state index is 13.1. The first-order chi connectivity index (χ1) is 19.4. The van der Waals surface area contributed by atoms with Crippen molar-refractivity contribution in [1.29, 1.82) is 0 Å². The molecule has 0 aromatic heterocycles. The third kappa shape index (κ3) is 7.77.